The van der Waals surface area contributed by atoms with E-state index < -0.39 is 35.7 Å². The summed E-state index contributed by atoms with van der Waals surface area (Å²) in [5.41, 5.74) is 9.19. The summed E-state index contributed by atoms with van der Waals surface area (Å²) in [6.07, 6.45) is 3.48. The number of carbonyl (C=O) groups is 5. The number of amides is 6. The average molecular weight is 691 g/mol. The van der Waals surface area contributed by atoms with Crippen molar-refractivity contribution in [1.29, 1.82) is 0 Å². The molecule has 2 aromatic heterocycles. The number of hydrogen-bond donors (Lipinski definition) is 4. The summed E-state index contributed by atoms with van der Waals surface area (Å²) >= 11 is 0. The van der Waals surface area contributed by atoms with Crippen LogP contribution in [0, 0.1) is 0 Å². The lowest BCUT2D eigenvalue weighted by Crippen LogP contribution is -2.54. The number of urea groups is 1. The number of hydrogen-bond acceptors (Lipinski definition) is 10. The number of aromatic nitrogens is 3. The van der Waals surface area contributed by atoms with E-state index in [2.05, 4.69) is 25.9 Å². The molecule has 0 bridgehead atoms. The molecule has 5 N–H and O–H groups in total. The first kappa shape index (κ1) is 33.0. The molecule has 6 amide bonds. The van der Waals surface area contributed by atoms with Crippen LogP contribution in [0.3, 0.4) is 0 Å². The Morgan fingerprint density at radius 3 is 2.59 bits per heavy atom. The second kappa shape index (κ2) is 12.7. The molecule has 1 unspecified atom stereocenters. The Morgan fingerprint density at radius 2 is 1.84 bits per heavy atom. The summed E-state index contributed by atoms with van der Waals surface area (Å²) in [4.78, 5) is 72.2. The van der Waals surface area contributed by atoms with Crippen molar-refractivity contribution in [2.75, 3.05) is 23.8 Å². The number of carbonyl (C=O) groups excluding carboxylic acids is 5. The van der Waals surface area contributed by atoms with Gasteiger partial charge in [0, 0.05) is 35.8 Å². The van der Waals surface area contributed by atoms with Crippen LogP contribution in [0.1, 0.15) is 60.1 Å². The Balaban J connectivity index is 1.04. The fourth-order valence-corrected chi connectivity index (χ4v) is 6.15. The highest BCUT2D eigenvalue weighted by molar-refractivity contribution is 6.25. The molecule has 2 aliphatic heterocycles. The fourth-order valence-electron chi connectivity index (χ4n) is 6.15. The van der Waals surface area contributed by atoms with Gasteiger partial charge in [-0.1, -0.05) is 26.8 Å². The molecule has 260 valence electrons. The Labute approximate surface area is 291 Å². The normalized spacial score (nSPS) is 16.0. The number of oxazole rings is 1. The molecule has 0 spiro atoms. The van der Waals surface area contributed by atoms with Gasteiger partial charge >= 0.3 is 6.03 Å². The lowest BCUT2D eigenvalue weighted by atomic mass is 9.94. The molecule has 0 saturated carbocycles. The third-order valence-electron chi connectivity index (χ3n) is 8.69. The van der Waals surface area contributed by atoms with Gasteiger partial charge in [0.15, 0.2) is 0 Å². The van der Waals surface area contributed by atoms with E-state index in [0.717, 1.165) is 16.1 Å². The van der Waals surface area contributed by atoms with Crippen LogP contribution in [0.15, 0.2) is 71.5 Å². The van der Waals surface area contributed by atoms with Gasteiger partial charge < -0.3 is 25.5 Å². The highest BCUT2D eigenvalue weighted by Gasteiger charge is 2.45. The van der Waals surface area contributed by atoms with Gasteiger partial charge in [0.25, 0.3) is 11.8 Å². The maximum Gasteiger partial charge on any atom is 0.316 e. The van der Waals surface area contributed by atoms with Gasteiger partial charge in [-0.3, -0.25) is 34.0 Å². The molecular weight excluding hydrogens is 656 g/mol. The molecular formula is C36H34N8O7. The minimum absolute atomic E-state index is 0.0461. The van der Waals surface area contributed by atoms with E-state index in [9.17, 15) is 24.0 Å². The first-order valence-electron chi connectivity index (χ1n) is 16.2. The number of nitrogens with one attached hydrogen (secondary N) is 3. The molecule has 15 nitrogen and oxygen atoms in total. The third kappa shape index (κ3) is 6.24. The summed E-state index contributed by atoms with van der Waals surface area (Å²) in [6.45, 7) is 6.57. The van der Waals surface area contributed by atoms with Crippen molar-refractivity contribution in [3.63, 3.8) is 0 Å². The standard InChI is InChI=1S/C36H34N8O7/c1-36(2,3)28-17-39-32(51-28)22-15-19(7-9-23(22)41-35(37)49)43-18-40-25-16-20(8-10-26(25)43)50-14-13-38-24-6-4-5-21-30(24)34(48)44(33(21)47)27-11-12-29(45)42-31(27)46/h4-10,15-18,27,38H,11-14H2,1-3H3,(H3,37,41,49)(H,42,45,46). The van der Waals surface area contributed by atoms with Crippen molar-refractivity contribution < 1.29 is 33.1 Å². The maximum absolute atomic E-state index is 13.4. The van der Waals surface area contributed by atoms with Crippen LogP contribution in [-0.2, 0) is 15.0 Å². The number of rotatable bonds is 9. The molecule has 0 aliphatic carbocycles. The Morgan fingerprint density at radius 1 is 1.02 bits per heavy atom. The number of imidazole rings is 1. The zero-order valence-electron chi connectivity index (χ0n) is 28.0. The van der Waals surface area contributed by atoms with Gasteiger partial charge in [-0.05, 0) is 48.9 Å². The second-order valence-electron chi connectivity index (χ2n) is 13.2. The van der Waals surface area contributed by atoms with Crippen molar-refractivity contribution in [1.82, 2.24) is 24.8 Å². The van der Waals surface area contributed by atoms with E-state index in [1.54, 1.807) is 42.9 Å². The van der Waals surface area contributed by atoms with E-state index in [-0.39, 0.29) is 36.0 Å². The van der Waals surface area contributed by atoms with Crippen LogP contribution in [0.5, 0.6) is 5.75 Å². The smallest absolute Gasteiger partial charge is 0.316 e. The van der Waals surface area contributed by atoms with Crippen LogP contribution < -0.4 is 26.4 Å². The number of anilines is 2. The van der Waals surface area contributed by atoms with Crippen LogP contribution >= 0.6 is 0 Å². The molecule has 5 aromatic rings. The Kier molecular flexibility index (Phi) is 8.25. The molecule has 4 heterocycles. The highest BCUT2D eigenvalue weighted by atomic mass is 16.5. The highest BCUT2D eigenvalue weighted by Crippen LogP contribution is 2.35. The SMILES string of the molecule is CC(C)(C)c1cnc(-c2cc(-n3cnc4cc(OCCNc5cccc6c5C(=O)N(C5CCC(=O)NC5=O)C6=O)ccc43)ccc2NC(N)=O)o1. The summed E-state index contributed by atoms with van der Waals surface area (Å²) < 4.78 is 13.9. The summed E-state index contributed by atoms with van der Waals surface area (Å²) in [6, 6.07) is 14.0. The van der Waals surface area contributed by atoms with Gasteiger partial charge in [-0.2, -0.15) is 0 Å². The molecule has 3 aromatic carbocycles. The van der Waals surface area contributed by atoms with Crippen LogP contribution in [-0.4, -0.2) is 68.3 Å². The topological polar surface area (TPSA) is 204 Å². The lowest BCUT2D eigenvalue weighted by molar-refractivity contribution is -0.136. The van der Waals surface area contributed by atoms with Crippen LogP contribution in [0.25, 0.3) is 28.2 Å². The van der Waals surface area contributed by atoms with Gasteiger partial charge in [0.2, 0.25) is 17.7 Å². The Bertz CT molecular complexity index is 2250. The number of fused-ring (bicyclic) bond motifs is 2. The van der Waals surface area contributed by atoms with E-state index in [0.29, 0.717) is 46.4 Å². The lowest BCUT2D eigenvalue weighted by Gasteiger charge is -2.27. The molecule has 0 radical (unpaired) electrons. The summed E-state index contributed by atoms with van der Waals surface area (Å²) in [5.74, 6) is -0.653. The van der Waals surface area contributed by atoms with Crippen molar-refractivity contribution in [2.24, 2.45) is 5.73 Å². The second-order valence-corrected chi connectivity index (χ2v) is 13.2. The number of imide groups is 2. The molecule has 51 heavy (non-hydrogen) atoms. The minimum Gasteiger partial charge on any atom is -0.492 e. The van der Waals surface area contributed by atoms with E-state index >= 15 is 0 Å². The van der Waals surface area contributed by atoms with E-state index in [4.69, 9.17) is 14.9 Å². The zero-order chi connectivity index (χ0) is 36.0. The quantitative estimate of drug-likeness (QED) is 0.127. The predicted octanol–water partition coefficient (Wildman–Crippen LogP) is 4.36. The van der Waals surface area contributed by atoms with Gasteiger partial charge in [-0.15, -0.1) is 0 Å². The van der Waals surface area contributed by atoms with Crippen molar-refractivity contribution in [2.45, 2.75) is 45.1 Å². The van der Waals surface area contributed by atoms with E-state index in [1.807, 2.05) is 49.6 Å². The number of benzene rings is 3. The molecule has 7 rings (SSSR count). The average Bonchev–Trinajstić information content (AvgIpc) is 3.81. The van der Waals surface area contributed by atoms with Crippen molar-refractivity contribution >= 4 is 52.1 Å². The fraction of sp³-hybridized carbons (Fsp3) is 0.250. The largest absolute Gasteiger partial charge is 0.492 e. The third-order valence-corrected chi connectivity index (χ3v) is 8.69. The monoisotopic (exact) mass is 690 g/mol. The van der Waals surface area contributed by atoms with Crippen LogP contribution in [0.4, 0.5) is 16.2 Å². The Hall–Kier alpha value is -6.51. The number of piperidine rings is 1. The first-order chi connectivity index (χ1) is 24.4. The summed E-state index contributed by atoms with van der Waals surface area (Å²) in [7, 11) is 0. The van der Waals surface area contributed by atoms with E-state index in [1.165, 1.54) is 0 Å². The molecule has 1 saturated heterocycles. The molecule has 2 aliphatic rings. The first-order valence-corrected chi connectivity index (χ1v) is 16.2. The number of nitrogens with zero attached hydrogens (tertiary/aromatic N) is 4. The molecule has 1 fully saturated rings. The molecule has 1 atom stereocenters. The predicted molar refractivity (Wildman–Crippen MR) is 186 cm³/mol. The van der Waals surface area contributed by atoms with Gasteiger partial charge in [0.05, 0.1) is 39.6 Å². The van der Waals surface area contributed by atoms with Gasteiger partial charge in [0.1, 0.15) is 30.5 Å². The van der Waals surface area contributed by atoms with Gasteiger partial charge in [-0.25, -0.2) is 14.8 Å². The maximum atomic E-state index is 13.4. The van der Waals surface area contributed by atoms with Crippen molar-refractivity contribution in [3.8, 4) is 22.9 Å². The number of ether oxygens (including phenoxy) is 1. The van der Waals surface area contributed by atoms with Crippen molar-refractivity contribution in [3.05, 3.63) is 84.0 Å². The zero-order valence-corrected chi connectivity index (χ0v) is 28.0. The number of nitrogens with two attached hydrogens (primary N) is 1. The van der Waals surface area contributed by atoms with Crippen LogP contribution in [0.2, 0.25) is 0 Å². The number of primary amides is 1. The summed E-state index contributed by atoms with van der Waals surface area (Å²) in [5, 5.41) is 8.01. The minimum atomic E-state index is -1.04. The molecule has 15 heteroatoms.